The Morgan fingerprint density at radius 3 is 2.55 bits per heavy atom. The molecule has 0 spiro atoms. The van der Waals surface area contributed by atoms with Crippen LogP contribution in [0.2, 0.25) is 0 Å². The number of benzene rings is 1. The quantitative estimate of drug-likeness (QED) is 0.838. The van der Waals surface area contributed by atoms with Crippen molar-refractivity contribution >= 4 is 12.0 Å². The molecule has 2 amide bonds. The first kappa shape index (κ1) is 16.0. The number of hydrogen-bond acceptors (Lipinski definition) is 2. The van der Waals surface area contributed by atoms with Crippen LogP contribution in [0, 0.1) is 12.8 Å². The average molecular weight is 278 g/mol. The van der Waals surface area contributed by atoms with Crippen LogP contribution in [0.5, 0.6) is 0 Å². The molecular formula is C15H22N2O3. The number of nitrogens with zero attached hydrogens (tertiary/aromatic N) is 1. The molecule has 5 nitrogen and oxygen atoms in total. The number of aliphatic carboxylic acids is 1. The van der Waals surface area contributed by atoms with E-state index in [1.807, 2.05) is 38.1 Å². The van der Waals surface area contributed by atoms with E-state index in [4.69, 9.17) is 5.11 Å². The summed E-state index contributed by atoms with van der Waals surface area (Å²) in [5.74, 6) is -1.46. The molecule has 1 rings (SSSR count). The first-order valence-electron chi connectivity index (χ1n) is 6.75. The first-order valence-corrected chi connectivity index (χ1v) is 6.75. The summed E-state index contributed by atoms with van der Waals surface area (Å²) >= 11 is 0. The molecule has 0 aliphatic rings. The lowest BCUT2D eigenvalue weighted by Crippen LogP contribution is -2.43. The van der Waals surface area contributed by atoms with E-state index in [2.05, 4.69) is 5.32 Å². The van der Waals surface area contributed by atoms with E-state index in [9.17, 15) is 9.59 Å². The van der Waals surface area contributed by atoms with Crippen molar-refractivity contribution in [3.05, 3.63) is 35.4 Å². The van der Waals surface area contributed by atoms with Crippen molar-refractivity contribution in [2.24, 2.45) is 5.92 Å². The monoisotopic (exact) mass is 278 g/mol. The van der Waals surface area contributed by atoms with Crippen LogP contribution >= 0.6 is 0 Å². The minimum absolute atomic E-state index is 0.214. The normalized spacial score (nSPS) is 11.8. The maximum atomic E-state index is 12.0. The van der Waals surface area contributed by atoms with Crippen LogP contribution in [0.15, 0.2) is 24.3 Å². The summed E-state index contributed by atoms with van der Waals surface area (Å²) in [7, 11) is 0. The lowest BCUT2D eigenvalue weighted by molar-refractivity contribution is -0.141. The Balaban J connectivity index is 2.56. The number of carbonyl (C=O) groups excluding carboxylic acids is 1. The molecule has 0 saturated heterocycles. The topological polar surface area (TPSA) is 69.6 Å². The molecular weight excluding hydrogens is 256 g/mol. The molecule has 2 N–H and O–H groups in total. The highest BCUT2D eigenvalue weighted by atomic mass is 16.4. The SMILES string of the molecule is CCN(CC(C)C(=O)O)C(=O)NCc1ccccc1C. The zero-order chi connectivity index (χ0) is 15.1. The molecule has 1 atom stereocenters. The van der Waals surface area contributed by atoms with Crippen molar-refractivity contribution in [3.8, 4) is 0 Å². The number of nitrogens with one attached hydrogen (secondary N) is 1. The van der Waals surface area contributed by atoms with E-state index < -0.39 is 11.9 Å². The second-order valence-corrected chi connectivity index (χ2v) is 4.86. The standard InChI is InChI=1S/C15H22N2O3/c1-4-17(10-12(3)14(18)19)15(20)16-9-13-8-6-5-7-11(13)2/h5-8,12H,4,9-10H2,1-3H3,(H,16,20)(H,18,19). The molecule has 0 radical (unpaired) electrons. The van der Waals surface area contributed by atoms with Gasteiger partial charge in [-0.2, -0.15) is 0 Å². The van der Waals surface area contributed by atoms with E-state index in [-0.39, 0.29) is 12.6 Å². The number of carboxylic acid groups (broad SMARTS) is 1. The molecule has 0 saturated carbocycles. The molecule has 0 aliphatic carbocycles. The van der Waals surface area contributed by atoms with Gasteiger partial charge in [0.05, 0.1) is 5.92 Å². The number of urea groups is 1. The zero-order valence-electron chi connectivity index (χ0n) is 12.2. The number of amides is 2. The molecule has 20 heavy (non-hydrogen) atoms. The fourth-order valence-corrected chi connectivity index (χ4v) is 1.86. The van der Waals surface area contributed by atoms with Crippen molar-refractivity contribution in [2.45, 2.75) is 27.3 Å². The number of carboxylic acids is 1. The van der Waals surface area contributed by atoms with Gasteiger partial charge in [-0.15, -0.1) is 0 Å². The van der Waals surface area contributed by atoms with Crippen LogP contribution < -0.4 is 5.32 Å². The Morgan fingerprint density at radius 2 is 2.00 bits per heavy atom. The van der Waals surface area contributed by atoms with Gasteiger partial charge in [0.25, 0.3) is 0 Å². The van der Waals surface area contributed by atoms with E-state index in [1.54, 1.807) is 6.92 Å². The Kier molecular flexibility index (Phi) is 6.03. The Bertz CT molecular complexity index is 474. The summed E-state index contributed by atoms with van der Waals surface area (Å²) in [6.45, 7) is 6.57. The van der Waals surface area contributed by atoms with Gasteiger partial charge in [0.15, 0.2) is 0 Å². The predicted octanol–water partition coefficient (Wildman–Crippen LogP) is 2.25. The summed E-state index contributed by atoms with van der Waals surface area (Å²) in [6, 6.07) is 7.60. The largest absolute Gasteiger partial charge is 0.481 e. The second kappa shape index (κ2) is 7.53. The fraction of sp³-hybridized carbons (Fsp3) is 0.467. The van der Waals surface area contributed by atoms with Gasteiger partial charge in [-0.1, -0.05) is 31.2 Å². The highest BCUT2D eigenvalue weighted by molar-refractivity contribution is 5.76. The summed E-state index contributed by atoms with van der Waals surface area (Å²) < 4.78 is 0. The van der Waals surface area contributed by atoms with E-state index in [0.717, 1.165) is 11.1 Å². The molecule has 5 heteroatoms. The van der Waals surface area contributed by atoms with Gasteiger partial charge in [0, 0.05) is 19.6 Å². The van der Waals surface area contributed by atoms with Gasteiger partial charge in [-0.3, -0.25) is 4.79 Å². The predicted molar refractivity (Wildman–Crippen MR) is 77.5 cm³/mol. The number of carbonyl (C=O) groups is 2. The van der Waals surface area contributed by atoms with Crippen molar-refractivity contribution in [1.29, 1.82) is 0 Å². The average Bonchev–Trinajstić information content (AvgIpc) is 2.43. The Morgan fingerprint density at radius 1 is 1.35 bits per heavy atom. The molecule has 1 aromatic carbocycles. The van der Waals surface area contributed by atoms with Crippen LogP contribution in [0.25, 0.3) is 0 Å². The van der Waals surface area contributed by atoms with Gasteiger partial charge in [-0.25, -0.2) is 4.79 Å². The lowest BCUT2D eigenvalue weighted by atomic mass is 10.1. The van der Waals surface area contributed by atoms with Crippen molar-refractivity contribution < 1.29 is 14.7 Å². The number of aryl methyl sites for hydroxylation is 1. The van der Waals surface area contributed by atoms with Crippen molar-refractivity contribution in [2.75, 3.05) is 13.1 Å². The lowest BCUT2D eigenvalue weighted by Gasteiger charge is -2.23. The third-order valence-electron chi connectivity index (χ3n) is 3.28. The molecule has 110 valence electrons. The Hall–Kier alpha value is -2.04. The minimum Gasteiger partial charge on any atom is -0.481 e. The highest BCUT2D eigenvalue weighted by Gasteiger charge is 2.19. The number of hydrogen-bond donors (Lipinski definition) is 2. The van der Waals surface area contributed by atoms with Crippen LogP contribution in [-0.2, 0) is 11.3 Å². The van der Waals surface area contributed by atoms with Crippen LogP contribution in [0.1, 0.15) is 25.0 Å². The van der Waals surface area contributed by atoms with E-state index >= 15 is 0 Å². The summed E-state index contributed by atoms with van der Waals surface area (Å²) in [5.41, 5.74) is 2.18. The third-order valence-corrected chi connectivity index (χ3v) is 3.28. The number of rotatable bonds is 6. The smallest absolute Gasteiger partial charge is 0.317 e. The maximum absolute atomic E-state index is 12.0. The second-order valence-electron chi connectivity index (χ2n) is 4.86. The molecule has 0 aromatic heterocycles. The first-order chi connectivity index (χ1) is 9.45. The maximum Gasteiger partial charge on any atom is 0.317 e. The summed E-state index contributed by atoms with van der Waals surface area (Å²) in [4.78, 5) is 24.4. The van der Waals surface area contributed by atoms with Crippen LogP contribution in [-0.4, -0.2) is 35.1 Å². The van der Waals surface area contributed by atoms with Gasteiger partial charge in [-0.05, 0) is 25.0 Å². The van der Waals surface area contributed by atoms with Gasteiger partial charge < -0.3 is 15.3 Å². The molecule has 0 aliphatic heterocycles. The Labute approximate surface area is 119 Å². The molecule has 0 heterocycles. The van der Waals surface area contributed by atoms with Gasteiger partial charge in [0.1, 0.15) is 0 Å². The zero-order valence-corrected chi connectivity index (χ0v) is 12.2. The molecule has 1 aromatic rings. The van der Waals surface area contributed by atoms with Gasteiger partial charge in [0.2, 0.25) is 0 Å². The van der Waals surface area contributed by atoms with Crippen LogP contribution in [0.4, 0.5) is 4.79 Å². The summed E-state index contributed by atoms with van der Waals surface area (Å²) in [6.07, 6.45) is 0. The fourth-order valence-electron chi connectivity index (χ4n) is 1.86. The summed E-state index contributed by atoms with van der Waals surface area (Å²) in [5, 5.41) is 11.7. The molecule has 0 bridgehead atoms. The molecule has 1 unspecified atom stereocenters. The highest BCUT2D eigenvalue weighted by Crippen LogP contribution is 2.07. The minimum atomic E-state index is -0.893. The molecule has 0 fully saturated rings. The van der Waals surface area contributed by atoms with Crippen LogP contribution in [0.3, 0.4) is 0 Å². The van der Waals surface area contributed by atoms with Crippen molar-refractivity contribution in [3.63, 3.8) is 0 Å². The van der Waals surface area contributed by atoms with E-state index in [1.165, 1.54) is 4.90 Å². The third kappa shape index (κ3) is 4.57. The van der Waals surface area contributed by atoms with Gasteiger partial charge >= 0.3 is 12.0 Å². The van der Waals surface area contributed by atoms with E-state index in [0.29, 0.717) is 13.1 Å². The van der Waals surface area contributed by atoms with Crippen molar-refractivity contribution in [1.82, 2.24) is 10.2 Å².